The molecule has 0 aromatic carbocycles. The molecule has 142 valence electrons. The SMILES string of the molecule is CC[C@H](C)C1CC[C@H]2/C(=C/C=C3C[C@@H](O)C(C)[C@H](O)C3)CCC[C@]12C. The van der Waals surface area contributed by atoms with E-state index in [2.05, 4.69) is 32.9 Å². The van der Waals surface area contributed by atoms with Gasteiger partial charge in [-0.3, -0.25) is 0 Å². The lowest BCUT2D eigenvalue weighted by Crippen LogP contribution is -2.36. The molecule has 0 saturated heterocycles. The van der Waals surface area contributed by atoms with E-state index in [0.29, 0.717) is 5.41 Å². The maximum Gasteiger partial charge on any atom is 0.0627 e. The van der Waals surface area contributed by atoms with Crippen molar-refractivity contribution < 1.29 is 10.2 Å². The lowest BCUT2D eigenvalue weighted by Gasteiger charge is -2.44. The first-order chi connectivity index (χ1) is 11.9. The molecule has 0 heterocycles. The van der Waals surface area contributed by atoms with Crippen LogP contribution in [0.2, 0.25) is 0 Å². The number of hydrogen-bond acceptors (Lipinski definition) is 2. The van der Waals surface area contributed by atoms with Crippen LogP contribution in [-0.4, -0.2) is 22.4 Å². The number of aliphatic hydroxyl groups excluding tert-OH is 2. The Hall–Kier alpha value is -0.600. The van der Waals surface area contributed by atoms with E-state index >= 15 is 0 Å². The molecule has 0 aliphatic heterocycles. The molecule has 0 amide bonds. The van der Waals surface area contributed by atoms with Crippen LogP contribution in [0, 0.1) is 29.1 Å². The van der Waals surface area contributed by atoms with Gasteiger partial charge in [-0.15, -0.1) is 0 Å². The van der Waals surface area contributed by atoms with Crippen molar-refractivity contribution in [1.29, 1.82) is 0 Å². The predicted molar refractivity (Wildman–Crippen MR) is 104 cm³/mol. The van der Waals surface area contributed by atoms with Gasteiger partial charge in [0.05, 0.1) is 12.2 Å². The van der Waals surface area contributed by atoms with Crippen molar-refractivity contribution in [2.24, 2.45) is 29.1 Å². The van der Waals surface area contributed by atoms with Crippen molar-refractivity contribution in [2.75, 3.05) is 0 Å². The van der Waals surface area contributed by atoms with Gasteiger partial charge in [-0.2, -0.15) is 0 Å². The molecule has 2 N–H and O–H groups in total. The third-order valence-corrected chi connectivity index (χ3v) is 8.06. The number of hydrogen-bond donors (Lipinski definition) is 2. The van der Waals surface area contributed by atoms with E-state index in [1.807, 2.05) is 6.92 Å². The molecule has 0 aromatic rings. The molecule has 1 unspecified atom stereocenters. The topological polar surface area (TPSA) is 40.5 Å². The minimum absolute atomic E-state index is 0.00565. The van der Waals surface area contributed by atoms with Gasteiger partial charge in [0.15, 0.2) is 0 Å². The third kappa shape index (κ3) is 3.62. The lowest BCUT2D eigenvalue weighted by atomic mass is 9.61. The van der Waals surface area contributed by atoms with Crippen LogP contribution >= 0.6 is 0 Å². The van der Waals surface area contributed by atoms with E-state index in [1.165, 1.54) is 44.1 Å². The van der Waals surface area contributed by atoms with Gasteiger partial charge in [0.25, 0.3) is 0 Å². The second kappa shape index (κ2) is 7.56. The van der Waals surface area contributed by atoms with Crippen LogP contribution in [0.1, 0.15) is 79.1 Å². The molecular weight excluding hydrogens is 308 g/mol. The Morgan fingerprint density at radius 2 is 1.84 bits per heavy atom. The van der Waals surface area contributed by atoms with E-state index in [4.69, 9.17) is 0 Å². The molecule has 0 spiro atoms. The van der Waals surface area contributed by atoms with Crippen molar-refractivity contribution in [3.63, 3.8) is 0 Å². The molecule has 2 nitrogen and oxygen atoms in total. The maximum atomic E-state index is 10.1. The molecule has 3 aliphatic rings. The van der Waals surface area contributed by atoms with E-state index < -0.39 is 12.2 Å². The Kier molecular flexibility index (Phi) is 5.80. The fraction of sp³-hybridized carbons (Fsp3) is 0.826. The number of aliphatic hydroxyl groups is 2. The molecule has 0 bridgehead atoms. The molecule has 3 rings (SSSR count). The average Bonchev–Trinajstić information content (AvgIpc) is 2.94. The van der Waals surface area contributed by atoms with Crippen molar-refractivity contribution >= 4 is 0 Å². The van der Waals surface area contributed by atoms with Crippen LogP contribution in [-0.2, 0) is 0 Å². The van der Waals surface area contributed by atoms with Gasteiger partial charge in [-0.05, 0) is 68.1 Å². The van der Waals surface area contributed by atoms with Gasteiger partial charge < -0.3 is 10.2 Å². The maximum absolute atomic E-state index is 10.1. The molecule has 6 atom stereocenters. The molecule has 3 fully saturated rings. The summed E-state index contributed by atoms with van der Waals surface area (Å²) in [5.74, 6) is 2.44. The van der Waals surface area contributed by atoms with Gasteiger partial charge in [0, 0.05) is 5.92 Å². The molecule has 0 radical (unpaired) electrons. The first kappa shape index (κ1) is 19.2. The first-order valence-electron chi connectivity index (χ1n) is 10.6. The monoisotopic (exact) mass is 346 g/mol. The summed E-state index contributed by atoms with van der Waals surface area (Å²) in [5, 5.41) is 20.3. The van der Waals surface area contributed by atoms with E-state index in [-0.39, 0.29) is 5.92 Å². The molecule has 3 aliphatic carbocycles. The summed E-state index contributed by atoms with van der Waals surface area (Å²) in [5.41, 5.74) is 3.34. The largest absolute Gasteiger partial charge is 0.392 e. The summed E-state index contributed by atoms with van der Waals surface area (Å²) in [7, 11) is 0. The average molecular weight is 347 g/mol. The van der Waals surface area contributed by atoms with E-state index in [9.17, 15) is 10.2 Å². The second-order valence-electron chi connectivity index (χ2n) is 9.45. The predicted octanol–water partition coefficient (Wildman–Crippen LogP) is 5.25. The smallest absolute Gasteiger partial charge is 0.0627 e. The van der Waals surface area contributed by atoms with Crippen molar-refractivity contribution in [1.82, 2.24) is 0 Å². The number of fused-ring (bicyclic) bond motifs is 1. The van der Waals surface area contributed by atoms with Crippen LogP contribution in [0.25, 0.3) is 0 Å². The summed E-state index contributed by atoms with van der Waals surface area (Å²) in [6, 6.07) is 0. The molecular formula is C23H38O2. The summed E-state index contributed by atoms with van der Waals surface area (Å²) in [4.78, 5) is 0. The zero-order valence-electron chi connectivity index (χ0n) is 16.7. The highest BCUT2D eigenvalue weighted by atomic mass is 16.3. The van der Waals surface area contributed by atoms with Crippen LogP contribution in [0.3, 0.4) is 0 Å². The summed E-state index contributed by atoms with van der Waals surface area (Å²) in [6.07, 6.45) is 13.2. The van der Waals surface area contributed by atoms with Crippen LogP contribution in [0.5, 0.6) is 0 Å². The fourth-order valence-electron chi connectivity index (χ4n) is 6.11. The minimum Gasteiger partial charge on any atom is -0.392 e. The summed E-state index contributed by atoms with van der Waals surface area (Å²) < 4.78 is 0. The Morgan fingerprint density at radius 1 is 1.16 bits per heavy atom. The first-order valence-corrected chi connectivity index (χ1v) is 10.6. The highest BCUT2D eigenvalue weighted by molar-refractivity contribution is 5.26. The fourth-order valence-corrected chi connectivity index (χ4v) is 6.11. The Balaban J connectivity index is 1.77. The minimum atomic E-state index is -0.397. The van der Waals surface area contributed by atoms with Crippen LogP contribution in [0.15, 0.2) is 23.3 Å². The lowest BCUT2D eigenvalue weighted by molar-refractivity contribution is 0.00407. The summed E-state index contributed by atoms with van der Waals surface area (Å²) in [6.45, 7) is 9.29. The van der Waals surface area contributed by atoms with E-state index in [1.54, 1.807) is 5.57 Å². The van der Waals surface area contributed by atoms with E-state index in [0.717, 1.165) is 30.6 Å². The number of allylic oxidation sites excluding steroid dienone is 3. The van der Waals surface area contributed by atoms with Crippen molar-refractivity contribution in [3.8, 4) is 0 Å². The second-order valence-corrected chi connectivity index (χ2v) is 9.45. The third-order valence-electron chi connectivity index (χ3n) is 8.06. The Morgan fingerprint density at radius 3 is 2.48 bits per heavy atom. The molecule has 3 saturated carbocycles. The molecule has 2 heteroatoms. The quantitative estimate of drug-likeness (QED) is 0.732. The number of rotatable bonds is 3. The van der Waals surface area contributed by atoms with Gasteiger partial charge in [-0.25, -0.2) is 0 Å². The summed E-state index contributed by atoms with van der Waals surface area (Å²) >= 11 is 0. The molecule has 25 heavy (non-hydrogen) atoms. The zero-order valence-corrected chi connectivity index (χ0v) is 16.7. The normalized spacial score (nSPS) is 44.6. The standard InChI is InChI=1S/C23H38O2/c1-5-15(2)19-10-11-20-18(7-6-12-23(19,20)4)9-8-17-13-21(24)16(3)22(25)14-17/h8-9,15-16,19-22,24-25H,5-7,10-14H2,1-4H3/b17-8?,18-9+/t15-,16?,19?,20-,21+,22+,23+/m0/s1. The van der Waals surface area contributed by atoms with Gasteiger partial charge in [0.1, 0.15) is 0 Å². The van der Waals surface area contributed by atoms with Gasteiger partial charge in [-0.1, -0.05) is 57.4 Å². The Labute approximate surface area is 154 Å². The van der Waals surface area contributed by atoms with Crippen LogP contribution < -0.4 is 0 Å². The highest BCUT2D eigenvalue weighted by Crippen LogP contribution is 2.59. The van der Waals surface area contributed by atoms with Crippen molar-refractivity contribution in [3.05, 3.63) is 23.3 Å². The van der Waals surface area contributed by atoms with Crippen molar-refractivity contribution in [2.45, 2.75) is 91.3 Å². The molecule has 0 aromatic heterocycles. The Bertz CT molecular complexity index is 520. The highest BCUT2D eigenvalue weighted by Gasteiger charge is 2.50. The van der Waals surface area contributed by atoms with Gasteiger partial charge >= 0.3 is 0 Å². The zero-order chi connectivity index (χ0) is 18.2. The van der Waals surface area contributed by atoms with Crippen LogP contribution in [0.4, 0.5) is 0 Å². The van der Waals surface area contributed by atoms with Gasteiger partial charge in [0.2, 0.25) is 0 Å².